The fourth-order valence-electron chi connectivity index (χ4n) is 3.29. The molecule has 1 aromatic carbocycles. The Morgan fingerprint density at radius 3 is 3.04 bits per heavy atom. The summed E-state index contributed by atoms with van der Waals surface area (Å²) in [6.45, 7) is 2.65. The topological polar surface area (TPSA) is 59.0 Å². The van der Waals surface area contributed by atoms with Gasteiger partial charge in [-0.2, -0.15) is 5.10 Å². The van der Waals surface area contributed by atoms with Crippen molar-refractivity contribution in [1.29, 1.82) is 0 Å². The van der Waals surface area contributed by atoms with Crippen molar-refractivity contribution in [1.82, 2.24) is 5.01 Å². The number of carbonyl (C=O) groups excluding carboxylic acids is 2. The van der Waals surface area contributed by atoms with Gasteiger partial charge in [0.1, 0.15) is 0 Å². The monoisotopic (exact) mass is 314 g/mol. The molecule has 122 valence electrons. The van der Waals surface area contributed by atoms with E-state index in [1.807, 2.05) is 12.1 Å². The van der Waals surface area contributed by atoms with Crippen molar-refractivity contribution in [3.05, 3.63) is 35.4 Å². The largest absolute Gasteiger partial charge is 0.466 e. The molecule has 1 aromatic rings. The number of ether oxygens (including phenoxy) is 1. The molecule has 0 fully saturated rings. The van der Waals surface area contributed by atoms with E-state index in [0.717, 1.165) is 18.6 Å². The standard InChI is InChI=1S/C18H22N2O3/c1-2-23-17(22)8-5-11-20-16(21)12-14-10-9-13-6-3-4-7-15(13)18(14)19-20/h3-4,6-7,14H,2,5,8-12H2,1H3/t14-/m0/s1. The number of benzene rings is 1. The minimum atomic E-state index is -0.217. The summed E-state index contributed by atoms with van der Waals surface area (Å²) in [7, 11) is 0. The minimum Gasteiger partial charge on any atom is -0.466 e. The highest BCUT2D eigenvalue weighted by Crippen LogP contribution is 2.31. The second-order valence-electron chi connectivity index (χ2n) is 6.01. The predicted octanol–water partition coefficient (Wildman–Crippen LogP) is 2.53. The van der Waals surface area contributed by atoms with E-state index in [-0.39, 0.29) is 17.8 Å². The van der Waals surface area contributed by atoms with Gasteiger partial charge in [-0.25, -0.2) is 5.01 Å². The lowest BCUT2D eigenvalue weighted by Crippen LogP contribution is -2.39. The summed E-state index contributed by atoms with van der Waals surface area (Å²) < 4.78 is 4.91. The molecule has 1 aliphatic heterocycles. The molecule has 0 saturated carbocycles. The van der Waals surface area contributed by atoms with Crippen molar-refractivity contribution in [2.24, 2.45) is 11.0 Å². The van der Waals surface area contributed by atoms with E-state index in [1.54, 1.807) is 6.92 Å². The summed E-state index contributed by atoms with van der Waals surface area (Å²) in [5, 5.41) is 6.15. The first-order valence-electron chi connectivity index (χ1n) is 8.31. The lowest BCUT2D eigenvalue weighted by molar-refractivity contribution is -0.143. The Labute approximate surface area is 136 Å². The lowest BCUT2D eigenvalue weighted by atomic mass is 9.79. The summed E-state index contributed by atoms with van der Waals surface area (Å²) in [4.78, 5) is 23.7. The van der Waals surface area contributed by atoms with Crippen LogP contribution in [0.15, 0.2) is 29.4 Å². The van der Waals surface area contributed by atoms with Crippen LogP contribution in [0.25, 0.3) is 0 Å². The fourth-order valence-corrected chi connectivity index (χ4v) is 3.29. The number of amides is 1. The van der Waals surface area contributed by atoms with Gasteiger partial charge in [0.05, 0.1) is 12.3 Å². The smallest absolute Gasteiger partial charge is 0.305 e. The molecule has 0 saturated heterocycles. The molecule has 23 heavy (non-hydrogen) atoms. The number of esters is 1. The summed E-state index contributed by atoms with van der Waals surface area (Å²) in [6, 6.07) is 8.29. The first-order chi connectivity index (χ1) is 11.2. The third-order valence-electron chi connectivity index (χ3n) is 4.44. The van der Waals surface area contributed by atoms with Gasteiger partial charge in [-0.3, -0.25) is 9.59 Å². The van der Waals surface area contributed by atoms with E-state index >= 15 is 0 Å². The van der Waals surface area contributed by atoms with Gasteiger partial charge in [0.15, 0.2) is 0 Å². The Kier molecular flexibility index (Phi) is 4.74. The molecule has 0 spiro atoms. The molecular formula is C18H22N2O3. The first-order valence-corrected chi connectivity index (χ1v) is 8.31. The van der Waals surface area contributed by atoms with Gasteiger partial charge in [-0.15, -0.1) is 0 Å². The third kappa shape index (κ3) is 3.44. The Bertz CT molecular complexity index is 639. The fraction of sp³-hybridized carbons (Fsp3) is 0.500. The van der Waals surface area contributed by atoms with E-state index in [4.69, 9.17) is 4.74 Å². The van der Waals surface area contributed by atoms with Crippen LogP contribution in [-0.4, -0.2) is 35.7 Å². The normalized spacial score (nSPS) is 19.7. The van der Waals surface area contributed by atoms with Gasteiger partial charge in [0, 0.05) is 30.9 Å². The lowest BCUT2D eigenvalue weighted by Gasteiger charge is -2.33. The van der Waals surface area contributed by atoms with Crippen LogP contribution in [0.2, 0.25) is 0 Å². The zero-order valence-electron chi connectivity index (χ0n) is 13.5. The van der Waals surface area contributed by atoms with Gasteiger partial charge in [0.25, 0.3) is 0 Å². The number of nitrogens with zero attached hydrogens (tertiary/aromatic N) is 2. The Morgan fingerprint density at radius 2 is 2.22 bits per heavy atom. The van der Waals surface area contributed by atoms with Gasteiger partial charge in [-0.1, -0.05) is 24.3 Å². The number of hydrogen-bond donors (Lipinski definition) is 0. The van der Waals surface area contributed by atoms with E-state index in [0.29, 0.717) is 32.4 Å². The molecule has 1 heterocycles. The molecule has 1 atom stereocenters. The van der Waals surface area contributed by atoms with E-state index in [2.05, 4.69) is 17.2 Å². The first kappa shape index (κ1) is 15.7. The maximum absolute atomic E-state index is 12.3. The number of carbonyl (C=O) groups is 2. The SMILES string of the molecule is CCOC(=O)CCCN1N=C2c3ccccc3CC[C@H]2CC1=O. The van der Waals surface area contributed by atoms with E-state index in [9.17, 15) is 9.59 Å². The van der Waals surface area contributed by atoms with Crippen LogP contribution in [0.5, 0.6) is 0 Å². The summed E-state index contributed by atoms with van der Waals surface area (Å²) in [5.41, 5.74) is 3.51. The molecule has 0 unspecified atom stereocenters. The molecule has 0 bridgehead atoms. The van der Waals surface area contributed by atoms with Crippen molar-refractivity contribution >= 4 is 17.6 Å². The van der Waals surface area contributed by atoms with Gasteiger partial charge < -0.3 is 4.74 Å². The molecule has 0 aromatic heterocycles. The Morgan fingerprint density at radius 1 is 1.39 bits per heavy atom. The highest BCUT2D eigenvalue weighted by Gasteiger charge is 2.33. The number of fused-ring (bicyclic) bond motifs is 3. The summed E-state index contributed by atoms with van der Waals surface area (Å²) in [5.74, 6) is 0.0752. The van der Waals surface area contributed by atoms with Crippen LogP contribution in [0, 0.1) is 5.92 Å². The highest BCUT2D eigenvalue weighted by atomic mass is 16.5. The molecule has 1 amide bonds. The zero-order chi connectivity index (χ0) is 16.2. The van der Waals surface area contributed by atoms with Gasteiger partial charge in [0.2, 0.25) is 5.91 Å². The minimum absolute atomic E-state index is 0.0574. The van der Waals surface area contributed by atoms with Gasteiger partial charge in [-0.05, 0) is 31.7 Å². The van der Waals surface area contributed by atoms with Crippen molar-refractivity contribution in [2.45, 2.75) is 39.0 Å². The average molecular weight is 314 g/mol. The second-order valence-corrected chi connectivity index (χ2v) is 6.01. The van der Waals surface area contributed by atoms with Crippen molar-refractivity contribution < 1.29 is 14.3 Å². The number of hydrogen-bond acceptors (Lipinski definition) is 4. The number of aryl methyl sites for hydroxylation is 1. The maximum Gasteiger partial charge on any atom is 0.305 e. The predicted molar refractivity (Wildman–Crippen MR) is 87.0 cm³/mol. The molecule has 1 aliphatic carbocycles. The van der Waals surface area contributed by atoms with Crippen molar-refractivity contribution in [3.8, 4) is 0 Å². The second kappa shape index (κ2) is 6.94. The third-order valence-corrected chi connectivity index (χ3v) is 4.44. The molecule has 0 N–H and O–H groups in total. The number of rotatable bonds is 5. The molecular weight excluding hydrogens is 292 g/mol. The number of hydrazone groups is 1. The van der Waals surface area contributed by atoms with E-state index < -0.39 is 0 Å². The zero-order valence-corrected chi connectivity index (χ0v) is 13.5. The quantitative estimate of drug-likeness (QED) is 0.785. The Balaban J connectivity index is 1.71. The van der Waals surface area contributed by atoms with E-state index in [1.165, 1.54) is 16.1 Å². The van der Waals surface area contributed by atoms with Crippen LogP contribution in [-0.2, 0) is 20.7 Å². The Hall–Kier alpha value is -2.17. The van der Waals surface area contributed by atoms with Crippen LogP contribution in [0.4, 0.5) is 0 Å². The van der Waals surface area contributed by atoms with Crippen LogP contribution in [0.1, 0.15) is 43.7 Å². The van der Waals surface area contributed by atoms with Gasteiger partial charge >= 0.3 is 5.97 Å². The molecule has 3 rings (SSSR count). The van der Waals surface area contributed by atoms with Crippen LogP contribution < -0.4 is 0 Å². The van der Waals surface area contributed by atoms with Crippen molar-refractivity contribution in [2.75, 3.05) is 13.2 Å². The molecule has 0 radical (unpaired) electrons. The van der Waals surface area contributed by atoms with Crippen molar-refractivity contribution in [3.63, 3.8) is 0 Å². The molecule has 2 aliphatic rings. The highest BCUT2D eigenvalue weighted by molar-refractivity contribution is 6.07. The summed E-state index contributed by atoms with van der Waals surface area (Å²) >= 11 is 0. The summed E-state index contributed by atoms with van der Waals surface area (Å²) in [6.07, 6.45) is 3.41. The van der Waals surface area contributed by atoms with Crippen LogP contribution in [0.3, 0.4) is 0 Å². The average Bonchev–Trinajstić information content (AvgIpc) is 2.55. The maximum atomic E-state index is 12.3. The molecule has 5 heteroatoms. The molecule has 5 nitrogen and oxygen atoms in total. The van der Waals surface area contributed by atoms with Crippen LogP contribution >= 0.6 is 0 Å².